The van der Waals surface area contributed by atoms with Crippen LogP contribution < -0.4 is 0 Å². The van der Waals surface area contributed by atoms with E-state index >= 15 is 4.39 Å². The van der Waals surface area contributed by atoms with Crippen molar-refractivity contribution in [3.8, 4) is 0 Å². The van der Waals surface area contributed by atoms with Crippen molar-refractivity contribution in [2.75, 3.05) is 13.2 Å². The van der Waals surface area contributed by atoms with Crippen molar-refractivity contribution in [1.29, 1.82) is 0 Å². The largest absolute Gasteiger partial charge is 0.457 e. The maximum Gasteiger partial charge on any atom is 0.306 e. The first-order valence-electron chi connectivity index (χ1n) is 14.1. The molecule has 8 heteroatoms. The molecule has 0 aromatic rings. The molecule has 1 aliphatic heterocycles. The third-order valence-electron chi connectivity index (χ3n) is 10.8. The number of nitrogens with zero attached hydrogens (tertiary/aromatic N) is 1. The van der Waals surface area contributed by atoms with E-state index in [2.05, 4.69) is 4.99 Å². The third kappa shape index (κ3) is 3.40. The van der Waals surface area contributed by atoms with E-state index in [1.54, 1.807) is 13.8 Å². The highest BCUT2D eigenvalue weighted by Crippen LogP contribution is 2.72. The van der Waals surface area contributed by atoms with Gasteiger partial charge in [0.1, 0.15) is 5.67 Å². The molecular formula is C30H40FNO6. The summed E-state index contributed by atoms with van der Waals surface area (Å²) in [6.07, 6.45) is 5.06. The molecule has 0 radical (unpaired) electrons. The summed E-state index contributed by atoms with van der Waals surface area (Å²) in [5, 5.41) is 11.8. The molecule has 0 bridgehead atoms. The van der Waals surface area contributed by atoms with Gasteiger partial charge in [-0.05, 0) is 49.7 Å². The fraction of sp³-hybridized carbons (Fsp3) is 0.733. The Kier molecular flexibility index (Phi) is 6.52. The van der Waals surface area contributed by atoms with Crippen molar-refractivity contribution in [1.82, 2.24) is 0 Å². The fourth-order valence-electron chi connectivity index (χ4n) is 8.93. The molecule has 5 rings (SSSR count). The second kappa shape index (κ2) is 9.10. The highest BCUT2D eigenvalue weighted by molar-refractivity contribution is 6.11. The average Bonchev–Trinajstić information content (AvgIpc) is 3.41. The van der Waals surface area contributed by atoms with E-state index in [-0.39, 0.29) is 25.2 Å². The zero-order chi connectivity index (χ0) is 27.7. The van der Waals surface area contributed by atoms with Gasteiger partial charge in [0.25, 0.3) is 0 Å². The lowest BCUT2D eigenvalue weighted by molar-refractivity contribution is -0.234. The van der Waals surface area contributed by atoms with E-state index in [4.69, 9.17) is 9.47 Å². The first-order chi connectivity index (χ1) is 17.9. The van der Waals surface area contributed by atoms with Gasteiger partial charge in [0.15, 0.2) is 12.2 Å². The molecule has 38 heavy (non-hydrogen) atoms. The summed E-state index contributed by atoms with van der Waals surface area (Å²) < 4.78 is 29.1. The maximum absolute atomic E-state index is 17.8. The highest BCUT2D eigenvalue weighted by atomic mass is 19.1. The van der Waals surface area contributed by atoms with Gasteiger partial charge in [0.2, 0.25) is 5.78 Å². The molecule has 0 spiro atoms. The Labute approximate surface area is 223 Å². The Morgan fingerprint density at radius 3 is 2.55 bits per heavy atom. The minimum absolute atomic E-state index is 0.0255. The van der Waals surface area contributed by atoms with Gasteiger partial charge in [-0.3, -0.25) is 19.4 Å². The third-order valence-corrected chi connectivity index (χ3v) is 10.8. The Balaban J connectivity index is 1.58. The number of Topliss-reactive ketones (excluding diaryl/α,β-unsaturated/α-hetero) is 1. The van der Waals surface area contributed by atoms with E-state index in [1.165, 1.54) is 0 Å². The number of aliphatic hydroxyl groups excluding tert-OH is 1. The molecule has 0 unspecified atom stereocenters. The number of allylic oxidation sites excluding steroid dienone is 3. The van der Waals surface area contributed by atoms with Crippen LogP contribution in [0, 0.1) is 28.6 Å². The summed E-state index contributed by atoms with van der Waals surface area (Å²) in [4.78, 5) is 43.1. The van der Waals surface area contributed by atoms with Crippen LogP contribution in [-0.4, -0.2) is 59.1 Å². The number of fused-ring (bicyclic) bond motifs is 6. The number of carbonyl (C=O) groups excluding carboxylic acids is 3. The van der Waals surface area contributed by atoms with Crippen LogP contribution in [0.1, 0.15) is 79.6 Å². The van der Waals surface area contributed by atoms with Gasteiger partial charge < -0.3 is 14.6 Å². The van der Waals surface area contributed by atoms with Crippen LogP contribution in [0.5, 0.6) is 0 Å². The highest BCUT2D eigenvalue weighted by Gasteiger charge is 2.77. The number of ketones is 1. The second-order valence-corrected chi connectivity index (χ2v) is 12.4. The summed E-state index contributed by atoms with van der Waals surface area (Å²) in [5.74, 6) is -2.79. The monoisotopic (exact) mass is 529 g/mol. The first-order valence-corrected chi connectivity index (χ1v) is 14.1. The van der Waals surface area contributed by atoms with Crippen LogP contribution in [-0.2, 0) is 23.9 Å². The van der Waals surface area contributed by atoms with Crippen molar-refractivity contribution in [3.05, 3.63) is 23.3 Å². The normalized spacial score (nSPS) is 43.0. The van der Waals surface area contributed by atoms with Crippen LogP contribution >= 0.6 is 0 Å². The van der Waals surface area contributed by atoms with E-state index in [0.717, 1.165) is 16.9 Å². The lowest BCUT2D eigenvalue weighted by Crippen LogP contribution is -2.70. The van der Waals surface area contributed by atoms with Crippen molar-refractivity contribution in [2.24, 2.45) is 33.6 Å². The lowest BCUT2D eigenvalue weighted by atomic mass is 9.43. The predicted molar refractivity (Wildman–Crippen MR) is 139 cm³/mol. The Bertz CT molecular complexity index is 1160. The molecule has 0 aromatic heterocycles. The molecule has 208 valence electrons. The average molecular weight is 530 g/mol. The topological polar surface area (TPSA) is 102 Å². The second-order valence-electron chi connectivity index (χ2n) is 12.4. The minimum atomic E-state index is -1.90. The van der Waals surface area contributed by atoms with Crippen molar-refractivity contribution in [2.45, 2.75) is 96.9 Å². The number of hydrogen-bond acceptors (Lipinski definition) is 7. The van der Waals surface area contributed by atoms with Gasteiger partial charge in [-0.1, -0.05) is 46.3 Å². The number of rotatable bonds is 6. The first kappa shape index (κ1) is 27.2. The predicted octanol–water partition coefficient (Wildman–Crippen LogP) is 4.46. The van der Waals surface area contributed by atoms with Gasteiger partial charge in [0, 0.05) is 35.5 Å². The summed E-state index contributed by atoms with van der Waals surface area (Å²) in [6.45, 7) is 9.05. The van der Waals surface area contributed by atoms with E-state index in [1.807, 2.05) is 32.9 Å². The van der Waals surface area contributed by atoms with Crippen molar-refractivity contribution >= 4 is 23.4 Å². The van der Waals surface area contributed by atoms with E-state index in [0.29, 0.717) is 32.2 Å². The molecule has 4 aliphatic carbocycles. The number of ether oxygens (including phenoxy) is 2. The molecule has 1 N–H and O–H groups in total. The zero-order valence-electron chi connectivity index (χ0n) is 23.1. The number of alkyl halides is 1. The fourth-order valence-corrected chi connectivity index (χ4v) is 8.93. The van der Waals surface area contributed by atoms with Crippen LogP contribution in [0.4, 0.5) is 4.39 Å². The molecule has 8 atom stereocenters. The van der Waals surface area contributed by atoms with Gasteiger partial charge >= 0.3 is 11.9 Å². The van der Waals surface area contributed by atoms with E-state index < -0.39 is 64.4 Å². The molecule has 0 saturated heterocycles. The molecule has 5 aliphatic rings. The molecule has 3 fully saturated rings. The van der Waals surface area contributed by atoms with Crippen LogP contribution in [0.2, 0.25) is 0 Å². The Hall–Kier alpha value is -2.35. The van der Waals surface area contributed by atoms with Crippen LogP contribution in [0.3, 0.4) is 0 Å². The maximum atomic E-state index is 17.8. The Morgan fingerprint density at radius 1 is 1.16 bits per heavy atom. The summed E-state index contributed by atoms with van der Waals surface area (Å²) in [7, 11) is 0. The Morgan fingerprint density at radius 2 is 1.87 bits per heavy atom. The quantitative estimate of drug-likeness (QED) is 0.510. The lowest BCUT2D eigenvalue weighted by Gasteiger charge is -2.63. The summed E-state index contributed by atoms with van der Waals surface area (Å²) in [6, 6.07) is 0. The zero-order valence-corrected chi connectivity index (χ0v) is 23.1. The molecule has 3 saturated carbocycles. The number of hydrogen-bond donors (Lipinski definition) is 1. The van der Waals surface area contributed by atoms with Gasteiger partial charge in [0.05, 0.1) is 18.4 Å². The molecule has 1 heterocycles. The van der Waals surface area contributed by atoms with Crippen LogP contribution in [0.25, 0.3) is 0 Å². The SMILES string of the molecule is CCC(=O)OCC(=O)[C@]1(OC(=O)CC)[C@@H](C)C[C@H]2[C@@H]3CCC4=CC5=NCC=C5C[C@]4(C)[C@@]3(F)[C@@H](O)C[C@@]21C. The smallest absolute Gasteiger partial charge is 0.306 e. The van der Waals surface area contributed by atoms with Crippen molar-refractivity contribution in [3.63, 3.8) is 0 Å². The number of aliphatic imine (C=N–C) groups is 1. The minimum Gasteiger partial charge on any atom is -0.457 e. The van der Waals surface area contributed by atoms with Crippen LogP contribution in [0.15, 0.2) is 28.3 Å². The number of esters is 2. The number of aliphatic hydroxyl groups is 1. The molecule has 0 amide bonds. The van der Waals surface area contributed by atoms with Gasteiger partial charge in [-0.25, -0.2) is 4.39 Å². The van der Waals surface area contributed by atoms with Crippen molar-refractivity contribution < 1.29 is 33.4 Å². The van der Waals surface area contributed by atoms with E-state index in [9.17, 15) is 19.5 Å². The number of carbonyl (C=O) groups is 3. The molecular weight excluding hydrogens is 489 g/mol. The standard InChI is InChI=1S/C30H40FNO6/c1-6-25(35)37-16-24(34)30(38-26(36)7-2)17(3)12-21-20-9-8-19-13-22-18(10-11-32-22)14-27(19,4)29(20,31)23(33)15-28(21,30)5/h10,13,17,20-21,23,33H,6-9,11-12,14-16H2,1-5H3/t17-,20-,21-,23-,27-,28-,29-,30+/m0/s1. The molecule has 7 nitrogen and oxygen atoms in total. The van der Waals surface area contributed by atoms with Gasteiger partial charge in [-0.15, -0.1) is 0 Å². The summed E-state index contributed by atoms with van der Waals surface area (Å²) >= 11 is 0. The van der Waals surface area contributed by atoms with Gasteiger partial charge in [-0.2, -0.15) is 0 Å². The number of halogens is 1. The summed E-state index contributed by atoms with van der Waals surface area (Å²) in [5.41, 5.74) is -2.46. The molecule has 0 aromatic carbocycles.